The highest BCUT2D eigenvalue weighted by atomic mass is 19.1. The van der Waals surface area contributed by atoms with Crippen LogP contribution in [0.2, 0.25) is 0 Å². The molecule has 0 atom stereocenters. The lowest BCUT2D eigenvalue weighted by atomic mass is 9.64. The summed E-state index contributed by atoms with van der Waals surface area (Å²) in [6.07, 6.45) is 4.36. The van der Waals surface area contributed by atoms with E-state index in [0.29, 0.717) is 5.82 Å². The smallest absolute Gasteiger partial charge is 0.236 e. The van der Waals surface area contributed by atoms with E-state index < -0.39 is 5.41 Å². The first kappa shape index (κ1) is 12.8. The number of halogens is 1. The average molecular weight is 273 g/mol. The number of amides is 1. The van der Waals surface area contributed by atoms with Crippen molar-refractivity contribution >= 4 is 11.7 Å². The summed E-state index contributed by atoms with van der Waals surface area (Å²) in [5.74, 6) is 0.202. The molecular weight excluding hydrogens is 257 g/mol. The van der Waals surface area contributed by atoms with Crippen LogP contribution in [0.4, 0.5) is 10.2 Å². The van der Waals surface area contributed by atoms with E-state index in [1.54, 1.807) is 36.1 Å². The summed E-state index contributed by atoms with van der Waals surface area (Å²) in [7, 11) is 1.80. The van der Waals surface area contributed by atoms with E-state index in [1.807, 2.05) is 0 Å². The van der Waals surface area contributed by atoms with Gasteiger partial charge in [0, 0.05) is 19.3 Å². The monoisotopic (exact) mass is 273 g/mol. The molecule has 0 unspecified atom stereocenters. The number of nitrogens with one attached hydrogen (secondary N) is 1. The highest BCUT2D eigenvalue weighted by Crippen LogP contribution is 2.44. The summed E-state index contributed by atoms with van der Waals surface area (Å²) in [4.78, 5) is 12.6. The van der Waals surface area contributed by atoms with E-state index in [4.69, 9.17) is 0 Å². The summed E-state index contributed by atoms with van der Waals surface area (Å²) in [6.45, 7) is 0. The molecule has 5 heteroatoms. The first-order valence-electron chi connectivity index (χ1n) is 6.67. The highest BCUT2D eigenvalue weighted by Gasteiger charge is 2.45. The number of hydrogen-bond donors (Lipinski definition) is 1. The molecule has 1 heterocycles. The number of carbonyl (C=O) groups excluding carboxylic acids is 1. The van der Waals surface area contributed by atoms with Crippen LogP contribution in [0, 0.1) is 5.82 Å². The van der Waals surface area contributed by atoms with E-state index in [0.717, 1.165) is 24.8 Å². The van der Waals surface area contributed by atoms with Gasteiger partial charge in [-0.05, 0) is 30.5 Å². The average Bonchev–Trinajstić information content (AvgIpc) is 2.76. The fourth-order valence-electron chi connectivity index (χ4n) is 2.66. The predicted octanol–water partition coefficient (Wildman–Crippen LogP) is 2.62. The third-order valence-corrected chi connectivity index (χ3v) is 3.99. The van der Waals surface area contributed by atoms with E-state index >= 15 is 0 Å². The van der Waals surface area contributed by atoms with Gasteiger partial charge in [-0.25, -0.2) is 4.39 Å². The van der Waals surface area contributed by atoms with E-state index in [9.17, 15) is 9.18 Å². The molecule has 3 rings (SSSR count). The largest absolute Gasteiger partial charge is 0.308 e. The lowest BCUT2D eigenvalue weighted by Crippen LogP contribution is -2.46. The molecule has 1 aromatic carbocycles. The standard InChI is InChI=1S/C15H16FN3O/c1-19-10-7-13(18-19)17-14(20)15(8-2-9-15)11-3-5-12(16)6-4-11/h3-7,10H,2,8-9H2,1H3,(H,17,18,20). The molecule has 1 fully saturated rings. The number of aromatic nitrogens is 2. The van der Waals surface area contributed by atoms with Crippen LogP contribution in [0.1, 0.15) is 24.8 Å². The second-order valence-electron chi connectivity index (χ2n) is 5.27. The van der Waals surface area contributed by atoms with Crippen molar-refractivity contribution in [3.63, 3.8) is 0 Å². The van der Waals surface area contributed by atoms with Gasteiger partial charge in [0.2, 0.25) is 5.91 Å². The summed E-state index contributed by atoms with van der Waals surface area (Å²) in [5.41, 5.74) is 0.337. The molecule has 4 nitrogen and oxygen atoms in total. The SMILES string of the molecule is Cn1ccc(NC(=O)C2(c3ccc(F)cc3)CCC2)n1. The molecule has 1 aliphatic carbocycles. The molecule has 2 aromatic rings. The van der Waals surface area contributed by atoms with Gasteiger partial charge in [0.25, 0.3) is 0 Å². The van der Waals surface area contributed by atoms with Gasteiger partial charge in [-0.3, -0.25) is 9.48 Å². The zero-order valence-corrected chi connectivity index (χ0v) is 11.3. The number of nitrogens with zero attached hydrogens (tertiary/aromatic N) is 2. The number of hydrogen-bond acceptors (Lipinski definition) is 2. The van der Waals surface area contributed by atoms with Crippen LogP contribution >= 0.6 is 0 Å². The summed E-state index contributed by atoms with van der Waals surface area (Å²) < 4.78 is 14.7. The third kappa shape index (κ3) is 2.09. The third-order valence-electron chi connectivity index (χ3n) is 3.99. The van der Waals surface area contributed by atoms with Crippen molar-refractivity contribution in [3.05, 3.63) is 47.9 Å². The molecule has 1 saturated carbocycles. The molecule has 1 aromatic heterocycles. The second kappa shape index (κ2) is 4.74. The van der Waals surface area contributed by atoms with Crippen molar-refractivity contribution in [2.75, 3.05) is 5.32 Å². The van der Waals surface area contributed by atoms with Gasteiger partial charge >= 0.3 is 0 Å². The minimum absolute atomic E-state index is 0.0611. The van der Waals surface area contributed by atoms with Gasteiger partial charge in [-0.1, -0.05) is 18.6 Å². The van der Waals surface area contributed by atoms with Crippen LogP contribution in [0.3, 0.4) is 0 Å². The number of aryl methyl sites for hydroxylation is 1. The zero-order chi connectivity index (χ0) is 14.2. The van der Waals surface area contributed by atoms with Gasteiger partial charge in [0.1, 0.15) is 5.82 Å². The lowest BCUT2D eigenvalue weighted by molar-refractivity contribution is -0.124. The quantitative estimate of drug-likeness (QED) is 0.934. The zero-order valence-electron chi connectivity index (χ0n) is 11.3. The molecular formula is C15H16FN3O. The van der Waals surface area contributed by atoms with Crippen LogP contribution in [-0.2, 0) is 17.3 Å². The first-order valence-corrected chi connectivity index (χ1v) is 6.67. The van der Waals surface area contributed by atoms with Gasteiger partial charge < -0.3 is 5.32 Å². The highest BCUT2D eigenvalue weighted by molar-refractivity contribution is 5.99. The van der Waals surface area contributed by atoms with Crippen LogP contribution < -0.4 is 5.32 Å². The Labute approximate surface area is 116 Å². The predicted molar refractivity (Wildman–Crippen MR) is 73.8 cm³/mol. The Morgan fingerprint density at radius 2 is 2.00 bits per heavy atom. The summed E-state index contributed by atoms with van der Waals surface area (Å²) >= 11 is 0. The number of carbonyl (C=O) groups is 1. The molecule has 1 N–H and O–H groups in total. The Morgan fingerprint density at radius 1 is 1.30 bits per heavy atom. The Bertz CT molecular complexity index is 629. The molecule has 0 bridgehead atoms. The van der Waals surface area contributed by atoms with Crippen molar-refractivity contribution in [1.82, 2.24) is 9.78 Å². The van der Waals surface area contributed by atoms with Crippen molar-refractivity contribution in [2.45, 2.75) is 24.7 Å². The molecule has 20 heavy (non-hydrogen) atoms. The van der Waals surface area contributed by atoms with E-state index in [2.05, 4.69) is 10.4 Å². The van der Waals surface area contributed by atoms with Crippen LogP contribution in [0.25, 0.3) is 0 Å². The van der Waals surface area contributed by atoms with Crippen molar-refractivity contribution in [2.24, 2.45) is 7.05 Å². The number of benzene rings is 1. The second-order valence-corrected chi connectivity index (χ2v) is 5.27. The van der Waals surface area contributed by atoms with E-state index in [-0.39, 0.29) is 11.7 Å². The number of rotatable bonds is 3. The molecule has 0 radical (unpaired) electrons. The minimum atomic E-state index is -0.536. The van der Waals surface area contributed by atoms with Gasteiger partial charge in [-0.15, -0.1) is 0 Å². The maximum Gasteiger partial charge on any atom is 0.236 e. The molecule has 0 aliphatic heterocycles. The van der Waals surface area contributed by atoms with Gasteiger partial charge in [0.15, 0.2) is 5.82 Å². The van der Waals surface area contributed by atoms with Gasteiger partial charge in [-0.2, -0.15) is 5.10 Å². The van der Waals surface area contributed by atoms with E-state index in [1.165, 1.54) is 12.1 Å². The fraction of sp³-hybridized carbons (Fsp3) is 0.333. The maximum atomic E-state index is 13.0. The molecule has 1 amide bonds. The molecule has 0 saturated heterocycles. The number of anilines is 1. The summed E-state index contributed by atoms with van der Waals surface area (Å²) in [5, 5.41) is 7.01. The minimum Gasteiger partial charge on any atom is -0.308 e. The summed E-state index contributed by atoms with van der Waals surface area (Å²) in [6, 6.07) is 7.97. The van der Waals surface area contributed by atoms with Gasteiger partial charge in [0.05, 0.1) is 5.41 Å². The Balaban J connectivity index is 1.85. The molecule has 1 aliphatic rings. The van der Waals surface area contributed by atoms with Crippen LogP contribution in [0.15, 0.2) is 36.5 Å². The Kier molecular flexibility index (Phi) is 3.04. The topological polar surface area (TPSA) is 46.9 Å². The van der Waals surface area contributed by atoms with Crippen molar-refractivity contribution in [1.29, 1.82) is 0 Å². The maximum absolute atomic E-state index is 13.0. The Hall–Kier alpha value is -2.17. The molecule has 104 valence electrons. The van der Waals surface area contributed by atoms with Crippen molar-refractivity contribution in [3.8, 4) is 0 Å². The van der Waals surface area contributed by atoms with Crippen molar-refractivity contribution < 1.29 is 9.18 Å². The first-order chi connectivity index (χ1) is 9.60. The fourth-order valence-corrected chi connectivity index (χ4v) is 2.66. The van der Waals surface area contributed by atoms with Crippen LogP contribution in [0.5, 0.6) is 0 Å². The van der Waals surface area contributed by atoms with Crippen LogP contribution in [-0.4, -0.2) is 15.7 Å². The Morgan fingerprint density at radius 3 is 2.50 bits per heavy atom. The lowest BCUT2D eigenvalue weighted by Gasteiger charge is -2.40. The normalized spacial score (nSPS) is 16.5. The molecule has 0 spiro atoms.